The summed E-state index contributed by atoms with van der Waals surface area (Å²) in [6.45, 7) is 3.26. The fraction of sp³-hybridized carbons (Fsp3) is 0.500. The molecule has 4 nitrogen and oxygen atoms in total. The highest BCUT2D eigenvalue weighted by Crippen LogP contribution is 2.24. The molecule has 0 radical (unpaired) electrons. The Bertz CT molecular complexity index is 256. The molecule has 0 unspecified atom stereocenters. The first-order chi connectivity index (χ1) is 5.05. The third-order valence-corrected chi connectivity index (χ3v) is 2.50. The molecule has 5 heteroatoms. The Morgan fingerprint density at radius 2 is 2.36 bits per heavy atom. The van der Waals surface area contributed by atoms with E-state index in [0.29, 0.717) is 4.88 Å². The Kier molecular flexibility index (Phi) is 1.90. The Morgan fingerprint density at radius 3 is 2.73 bits per heavy atom. The minimum absolute atomic E-state index is 0.671. The highest BCUT2D eigenvalue weighted by atomic mass is 32.1. The number of hydrogen-bond donors (Lipinski definition) is 1. The maximum absolute atomic E-state index is 10.7. The molecular formula is C6H8N2O2S. The van der Waals surface area contributed by atoms with Crippen LogP contribution in [0.15, 0.2) is 6.20 Å². The summed E-state index contributed by atoms with van der Waals surface area (Å²) in [4.78, 5) is 11.3. The van der Waals surface area contributed by atoms with E-state index >= 15 is 0 Å². The Hall–Kier alpha value is -0.970. The van der Waals surface area contributed by atoms with Gasteiger partial charge < -0.3 is 5.11 Å². The zero-order chi connectivity index (χ0) is 8.48. The molecular weight excluding hydrogens is 164 g/mol. The van der Waals surface area contributed by atoms with E-state index in [4.69, 9.17) is 5.11 Å². The standard InChI is InChI=1S/C6H8N2O2S/c1-6(2,5(9)10)4-3-7-8-11-4/h3H,1-2H3,(H,9,10). The molecule has 0 aromatic carbocycles. The van der Waals surface area contributed by atoms with Gasteiger partial charge in [0, 0.05) is 0 Å². The Labute approximate surface area is 68.0 Å². The number of aliphatic carboxylic acids is 1. The predicted octanol–water partition coefficient (Wildman–Crippen LogP) is 0.900. The van der Waals surface area contributed by atoms with Crippen molar-refractivity contribution in [3.05, 3.63) is 11.1 Å². The maximum atomic E-state index is 10.7. The average Bonchev–Trinajstić information content (AvgIpc) is 2.37. The van der Waals surface area contributed by atoms with Gasteiger partial charge in [-0.25, -0.2) is 0 Å². The Balaban J connectivity index is 3.00. The van der Waals surface area contributed by atoms with Crippen LogP contribution < -0.4 is 0 Å². The van der Waals surface area contributed by atoms with Crippen molar-refractivity contribution in [1.29, 1.82) is 0 Å². The van der Waals surface area contributed by atoms with Gasteiger partial charge in [-0.2, -0.15) is 0 Å². The summed E-state index contributed by atoms with van der Waals surface area (Å²) >= 11 is 1.12. The summed E-state index contributed by atoms with van der Waals surface area (Å²) in [6.07, 6.45) is 1.48. The second-order valence-electron chi connectivity index (χ2n) is 2.71. The smallest absolute Gasteiger partial charge is 0.314 e. The molecule has 0 saturated heterocycles. The van der Waals surface area contributed by atoms with Gasteiger partial charge in [0.2, 0.25) is 0 Å². The molecule has 0 aliphatic rings. The van der Waals surface area contributed by atoms with Crippen LogP contribution in [0.25, 0.3) is 0 Å². The zero-order valence-electron chi connectivity index (χ0n) is 6.24. The summed E-state index contributed by atoms with van der Waals surface area (Å²) in [6, 6.07) is 0. The molecule has 0 amide bonds. The van der Waals surface area contributed by atoms with Crippen molar-refractivity contribution < 1.29 is 9.90 Å². The SMILES string of the molecule is CC(C)(C(=O)O)c1cnns1. The second kappa shape index (κ2) is 2.58. The molecule has 1 N–H and O–H groups in total. The molecule has 1 heterocycles. The van der Waals surface area contributed by atoms with Crippen LogP contribution in [0.2, 0.25) is 0 Å². The van der Waals surface area contributed by atoms with Gasteiger partial charge in [0.1, 0.15) is 0 Å². The van der Waals surface area contributed by atoms with Crippen LogP contribution in [0.5, 0.6) is 0 Å². The molecule has 0 saturated carbocycles. The molecule has 1 aromatic rings. The van der Waals surface area contributed by atoms with Gasteiger partial charge in [-0.05, 0) is 25.4 Å². The van der Waals surface area contributed by atoms with Crippen LogP contribution in [0, 0.1) is 0 Å². The summed E-state index contributed by atoms with van der Waals surface area (Å²) in [5.74, 6) is -0.858. The first-order valence-corrected chi connectivity index (χ1v) is 3.83. The van der Waals surface area contributed by atoms with E-state index in [2.05, 4.69) is 9.59 Å². The van der Waals surface area contributed by atoms with Gasteiger partial charge in [0.05, 0.1) is 16.5 Å². The minimum Gasteiger partial charge on any atom is -0.481 e. The van der Waals surface area contributed by atoms with Gasteiger partial charge in [0.15, 0.2) is 0 Å². The lowest BCUT2D eigenvalue weighted by molar-refractivity contribution is -0.142. The summed E-state index contributed by atoms with van der Waals surface area (Å²) < 4.78 is 3.60. The van der Waals surface area contributed by atoms with Crippen molar-refractivity contribution in [2.75, 3.05) is 0 Å². The lowest BCUT2D eigenvalue weighted by Crippen LogP contribution is -2.27. The molecule has 0 aliphatic carbocycles. The van der Waals surface area contributed by atoms with Crippen molar-refractivity contribution in [1.82, 2.24) is 9.59 Å². The quantitative estimate of drug-likeness (QED) is 0.719. The van der Waals surface area contributed by atoms with Crippen molar-refractivity contribution in [2.45, 2.75) is 19.3 Å². The third kappa shape index (κ3) is 1.37. The number of aromatic nitrogens is 2. The van der Waals surface area contributed by atoms with Crippen LogP contribution in [0.4, 0.5) is 0 Å². The number of carboxylic acid groups (broad SMARTS) is 1. The molecule has 0 aliphatic heterocycles. The van der Waals surface area contributed by atoms with Crippen LogP contribution in [-0.2, 0) is 10.2 Å². The first kappa shape index (κ1) is 8.13. The molecule has 11 heavy (non-hydrogen) atoms. The monoisotopic (exact) mass is 172 g/mol. The molecule has 0 spiro atoms. The minimum atomic E-state index is -0.867. The molecule has 60 valence electrons. The third-order valence-electron chi connectivity index (χ3n) is 1.51. The van der Waals surface area contributed by atoms with Gasteiger partial charge in [0.25, 0.3) is 0 Å². The van der Waals surface area contributed by atoms with E-state index in [1.165, 1.54) is 6.20 Å². The first-order valence-electron chi connectivity index (χ1n) is 3.06. The largest absolute Gasteiger partial charge is 0.481 e. The molecule has 0 bridgehead atoms. The lowest BCUT2D eigenvalue weighted by Gasteiger charge is -2.14. The number of carboxylic acids is 1. The van der Waals surface area contributed by atoms with Gasteiger partial charge in [-0.15, -0.1) is 5.10 Å². The van der Waals surface area contributed by atoms with Gasteiger partial charge in [-0.1, -0.05) is 4.49 Å². The van der Waals surface area contributed by atoms with E-state index in [0.717, 1.165) is 11.5 Å². The van der Waals surface area contributed by atoms with Crippen molar-refractivity contribution in [3.8, 4) is 0 Å². The number of nitrogens with zero attached hydrogens (tertiary/aromatic N) is 2. The van der Waals surface area contributed by atoms with Crippen LogP contribution >= 0.6 is 11.5 Å². The van der Waals surface area contributed by atoms with E-state index < -0.39 is 11.4 Å². The van der Waals surface area contributed by atoms with E-state index in [1.807, 2.05) is 0 Å². The van der Waals surface area contributed by atoms with E-state index in [-0.39, 0.29) is 0 Å². The van der Waals surface area contributed by atoms with E-state index in [1.54, 1.807) is 13.8 Å². The summed E-state index contributed by atoms with van der Waals surface area (Å²) in [5, 5.41) is 12.3. The Morgan fingerprint density at radius 1 is 1.73 bits per heavy atom. The normalized spacial score (nSPS) is 11.5. The van der Waals surface area contributed by atoms with Gasteiger partial charge >= 0.3 is 5.97 Å². The highest BCUT2D eigenvalue weighted by molar-refractivity contribution is 7.05. The average molecular weight is 172 g/mol. The maximum Gasteiger partial charge on any atom is 0.314 e. The molecule has 1 rings (SSSR count). The van der Waals surface area contributed by atoms with Crippen LogP contribution in [0.3, 0.4) is 0 Å². The molecule has 0 atom stereocenters. The fourth-order valence-electron chi connectivity index (χ4n) is 0.548. The summed E-state index contributed by atoms with van der Waals surface area (Å²) in [5.41, 5.74) is -0.867. The highest BCUT2D eigenvalue weighted by Gasteiger charge is 2.31. The van der Waals surface area contributed by atoms with Crippen LogP contribution in [0.1, 0.15) is 18.7 Å². The molecule has 1 aromatic heterocycles. The topological polar surface area (TPSA) is 63.1 Å². The number of carbonyl (C=O) groups is 1. The zero-order valence-corrected chi connectivity index (χ0v) is 7.05. The fourth-order valence-corrected chi connectivity index (χ4v) is 1.14. The van der Waals surface area contributed by atoms with Gasteiger partial charge in [-0.3, -0.25) is 4.79 Å². The van der Waals surface area contributed by atoms with Crippen molar-refractivity contribution in [3.63, 3.8) is 0 Å². The summed E-state index contributed by atoms with van der Waals surface area (Å²) in [7, 11) is 0. The second-order valence-corrected chi connectivity index (χ2v) is 3.50. The van der Waals surface area contributed by atoms with Crippen molar-refractivity contribution >= 4 is 17.5 Å². The lowest BCUT2D eigenvalue weighted by atomic mass is 9.93. The number of rotatable bonds is 2. The predicted molar refractivity (Wildman–Crippen MR) is 40.6 cm³/mol. The molecule has 0 fully saturated rings. The van der Waals surface area contributed by atoms with Crippen molar-refractivity contribution in [2.24, 2.45) is 0 Å². The van der Waals surface area contributed by atoms with E-state index in [9.17, 15) is 4.79 Å². The van der Waals surface area contributed by atoms with Crippen LogP contribution in [-0.4, -0.2) is 20.7 Å². The number of hydrogen-bond acceptors (Lipinski definition) is 4.